The van der Waals surface area contributed by atoms with Gasteiger partial charge in [0.15, 0.2) is 0 Å². The zero-order chi connectivity index (χ0) is 17.3. The van der Waals surface area contributed by atoms with E-state index in [1.165, 1.54) is 12.1 Å². The highest BCUT2D eigenvalue weighted by Crippen LogP contribution is 2.50. The number of rotatable bonds is 2. The lowest BCUT2D eigenvalue weighted by Gasteiger charge is -2.33. The molecule has 0 saturated carbocycles. The van der Waals surface area contributed by atoms with Crippen LogP contribution < -0.4 is 4.90 Å². The molecule has 8 heteroatoms. The van der Waals surface area contributed by atoms with Gasteiger partial charge >= 0.3 is 12.4 Å². The van der Waals surface area contributed by atoms with Gasteiger partial charge < -0.3 is 10.0 Å². The topological polar surface area (TPSA) is 23.5 Å². The lowest BCUT2D eigenvalue weighted by molar-refractivity contribution is -0.376. The van der Waals surface area contributed by atoms with Gasteiger partial charge in [-0.15, -0.1) is 0 Å². The molecule has 2 nitrogen and oxygen atoms in total. The average Bonchev–Trinajstić information content (AvgIpc) is 2.73. The van der Waals surface area contributed by atoms with Crippen LogP contribution in [0.25, 0.3) is 0 Å². The monoisotopic (exact) mass is 341 g/mol. The van der Waals surface area contributed by atoms with Gasteiger partial charge in [-0.25, -0.2) is 0 Å². The van der Waals surface area contributed by atoms with Gasteiger partial charge in [-0.3, -0.25) is 0 Å². The lowest BCUT2D eigenvalue weighted by Crippen LogP contribution is -2.53. The van der Waals surface area contributed by atoms with Crippen LogP contribution in [-0.4, -0.2) is 30.5 Å². The second-order valence-electron chi connectivity index (χ2n) is 5.65. The van der Waals surface area contributed by atoms with E-state index in [0.717, 1.165) is 25.7 Å². The molecular weight excluding hydrogens is 324 g/mol. The van der Waals surface area contributed by atoms with Gasteiger partial charge in [-0.05, 0) is 25.0 Å². The molecular formula is C15H17F6NO. The van der Waals surface area contributed by atoms with Gasteiger partial charge in [0.05, 0.1) is 0 Å². The summed E-state index contributed by atoms with van der Waals surface area (Å²) in [6.07, 6.45) is -7.74. The highest BCUT2D eigenvalue weighted by Gasteiger charge is 2.71. The summed E-state index contributed by atoms with van der Waals surface area (Å²) < 4.78 is 76.9. The molecule has 0 unspecified atom stereocenters. The zero-order valence-corrected chi connectivity index (χ0v) is 12.2. The summed E-state index contributed by atoms with van der Waals surface area (Å²) in [5.74, 6) is 0. The third-order valence-electron chi connectivity index (χ3n) is 4.08. The second kappa shape index (κ2) is 6.22. The molecule has 1 aliphatic heterocycles. The van der Waals surface area contributed by atoms with E-state index in [1.807, 2.05) is 4.90 Å². The predicted octanol–water partition coefficient (Wildman–Crippen LogP) is 4.38. The molecule has 0 radical (unpaired) electrons. The van der Waals surface area contributed by atoms with Crippen LogP contribution in [0, 0.1) is 0 Å². The minimum Gasteiger partial charge on any atom is -0.372 e. The van der Waals surface area contributed by atoms with Crippen LogP contribution in [-0.2, 0) is 5.60 Å². The number of aliphatic hydroxyl groups is 1. The quantitative estimate of drug-likeness (QED) is 0.807. The first-order valence-electron chi connectivity index (χ1n) is 7.28. The summed E-state index contributed by atoms with van der Waals surface area (Å²) in [7, 11) is 0. The summed E-state index contributed by atoms with van der Waals surface area (Å²) in [5.41, 5.74) is -5.53. The minimum absolute atomic E-state index is 0.558. The normalized spacial score (nSPS) is 18.0. The van der Waals surface area contributed by atoms with Crippen LogP contribution in [0.1, 0.15) is 31.2 Å². The number of nitrogens with zero attached hydrogens (tertiary/aromatic N) is 1. The van der Waals surface area contributed by atoms with Crippen molar-refractivity contribution in [2.24, 2.45) is 0 Å². The Bertz CT molecular complexity index is 500. The summed E-state index contributed by atoms with van der Waals surface area (Å²) in [6, 6.07) is 3.79. The van der Waals surface area contributed by atoms with Gasteiger partial charge in [-0.1, -0.05) is 25.0 Å². The van der Waals surface area contributed by atoms with E-state index in [0.29, 0.717) is 30.9 Å². The van der Waals surface area contributed by atoms with Crippen LogP contribution in [0.3, 0.4) is 0 Å². The molecule has 1 aliphatic rings. The zero-order valence-electron chi connectivity index (χ0n) is 12.2. The molecule has 1 heterocycles. The van der Waals surface area contributed by atoms with E-state index < -0.39 is 23.5 Å². The van der Waals surface area contributed by atoms with Gasteiger partial charge in [0.2, 0.25) is 0 Å². The van der Waals surface area contributed by atoms with Gasteiger partial charge in [0.1, 0.15) is 0 Å². The number of halogens is 6. The van der Waals surface area contributed by atoms with E-state index in [9.17, 15) is 31.4 Å². The minimum atomic E-state index is -5.85. The Labute approximate surface area is 129 Å². The SMILES string of the molecule is OC(c1ccc(N2CCCCCC2)cc1)(C(F)(F)F)C(F)(F)F. The summed E-state index contributed by atoms with van der Waals surface area (Å²) >= 11 is 0. The van der Waals surface area contributed by atoms with Crippen molar-refractivity contribution in [3.8, 4) is 0 Å². The Kier molecular flexibility index (Phi) is 4.84. The predicted molar refractivity (Wildman–Crippen MR) is 73.1 cm³/mol. The number of benzene rings is 1. The van der Waals surface area contributed by atoms with Crippen molar-refractivity contribution in [1.82, 2.24) is 0 Å². The van der Waals surface area contributed by atoms with Crippen molar-refractivity contribution in [2.75, 3.05) is 18.0 Å². The first-order valence-corrected chi connectivity index (χ1v) is 7.28. The molecule has 0 aliphatic carbocycles. The maximum absolute atomic E-state index is 12.8. The highest BCUT2D eigenvalue weighted by atomic mass is 19.4. The van der Waals surface area contributed by atoms with Gasteiger partial charge in [0, 0.05) is 24.3 Å². The van der Waals surface area contributed by atoms with Crippen LogP contribution in [0.2, 0.25) is 0 Å². The Morgan fingerprint density at radius 3 is 1.57 bits per heavy atom. The molecule has 0 bridgehead atoms. The van der Waals surface area contributed by atoms with Gasteiger partial charge in [0.25, 0.3) is 5.60 Å². The Balaban J connectivity index is 2.33. The van der Waals surface area contributed by atoms with Crippen LogP contribution in [0.15, 0.2) is 24.3 Å². The molecule has 0 atom stereocenters. The van der Waals surface area contributed by atoms with E-state index in [1.54, 1.807) is 0 Å². The number of alkyl halides is 6. The Hall–Kier alpha value is -1.44. The summed E-state index contributed by atoms with van der Waals surface area (Å²) in [6.45, 7) is 1.42. The molecule has 1 fully saturated rings. The average molecular weight is 341 g/mol. The Morgan fingerprint density at radius 1 is 0.739 bits per heavy atom. The van der Waals surface area contributed by atoms with E-state index in [-0.39, 0.29) is 0 Å². The molecule has 0 spiro atoms. The first-order chi connectivity index (χ1) is 10.6. The highest BCUT2D eigenvalue weighted by molar-refractivity contribution is 5.49. The van der Waals surface area contributed by atoms with E-state index >= 15 is 0 Å². The standard InChI is InChI=1S/C15H17F6NO/c16-14(17,18)13(23,15(19,20)21)11-5-7-12(8-6-11)22-9-3-1-2-4-10-22/h5-8,23H,1-4,9-10H2. The van der Waals surface area contributed by atoms with Gasteiger partial charge in [-0.2, -0.15) is 26.3 Å². The third-order valence-corrected chi connectivity index (χ3v) is 4.08. The first kappa shape index (κ1) is 17.9. The molecule has 1 N–H and O–H groups in total. The third kappa shape index (κ3) is 3.41. The number of hydrogen-bond acceptors (Lipinski definition) is 2. The fraction of sp³-hybridized carbons (Fsp3) is 0.600. The van der Waals surface area contributed by atoms with Crippen molar-refractivity contribution in [2.45, 2.75) is 43.6 Å². The van der Waals surface area contributed by atoms with Crippen molar-refractivity contribution < 1.29 is 31.4 Å². The molecule has 2 rings (SSSR count). The fourth-order valence-corrected chi connectivity index (χ4v) is 2.73. The molecule has 0 amide bonds. The summed E-state index contributed by atoms with van der Waals surface area (Å²) in [5, 5.41) is 9.34. The second-order valence-corrected chi connectivity index (χ2v) is 5.65. The number of anilines is 1. The van der Waals surface area contributed by atoms with E-state index in [2.05, 4.69) is 0 Å². The largest absolute Gasteiger partial charge is 0.430 e. The Morgan fingerprint density at radius 2 is 1.17 bits per heavy atom. The van der Waals surface area contributed by atoms with Crippen molar-refractivity contribution in [3.63, 3.8) is 0 Å². The lowest BCUT2D eigenvalue weighted by atomic mass is 9.92. The molecule has 130 valence electrons. The fourth-order valence-electron chi connectivity index (χ4n) is 2.73. The summed E-state index contributed by atoms with van der Waals surface area (Å²) in [4.78, 5) is 1.93. The van der Waals surface area contributed by atoms with Crippen molar-refractivity contribution in [1.29, 1.82) is 0 Å². The molecule has 1 saturated heterocycles. The molecule has 1 aromatic rings. The van der Waals surface area contributed by atoms with Crippen LogP contribution in [0.5, 0.6) is 0 Å². The van der Waals surface area contributed by atoms with Crippen molar-refractivity contribution >= 4 is 5.69 Å². The van der Waals surface area contributed by atoms with Crippen molar-refractivity contribution in [3.05, 3.63) is 29.8 Å². The molecule has 23 heavy (non-hydrogen) atoms. The van der Waals surface area contributed by atoms with Crippen LogP contribution >= 0.6 is 0 Å². The molecule has 1 aromatic carbocycles. The number of hydrogen-bond donors (Lipinski definition) is 1. The van der Waals surface area contributed by atoms with Crippen LogP contribution in [0.4, 0.5) is 32.0 Å². The smallest absolute Gasteiger partial charge is 0.372 e. The van der Waals surface area contributed by atoms with E-state index in [4.69, 9.17) is 0 Å². The molecule has 0 aromatic heterocycles. The maximum atomic E-state index is 12.8. The maximum Gasteiger partial charge on any atom is 0.430 e.